The quantitative estimate of drug-likeness (QED) is 0.481. The Labute approximate surface area is 222 Å². The fourth-order valence-electron chi connectivity index (χ4n) is 5.50. The number of halogens is 6. The normalized spacial score (nSPS) is 20.9. The minimum Gasteiger partial charge on any atom is -0.361 e. The van der Waals surface area contributed by atoms with E-state index in [4.69, 9.17) is 0 Å². The number of aromatic nitrogens is 2. The third kappa shape index (κ3) is 7.10. The maximum Gasteiger partial charge on any atom is 0.418 e. The Hall–Kier alpha value is -2.67. The van der Waals surface area contributed by atoms with Crippen LogP contribution < -0.4 is 10.6 Å². The van der Waals surface area contributed by atoms with Gasteiger partial charge in [-0.15, -0.1) is 0 Å². The molecule has 2 aliphatic heterocycles. The van der Waals surface area contributed by atoms with Crippen molar-refractivity contribution in [2.24, 2.45) is 5.41 Å². The van der Waals surface area contributed by atoms with E-state index in [2.05, 4.69) is 25.1 Å². The van der Waals surface area contributed by atoms with Crippen LogP contribution in [0.4, 0.5) is 32.2 Å². The number of likely N-dealkylation sites (tertiary alicyclic amines) is 2. The maximum absolute atomic E-state index is 13.7. The van der Waals surface area contributed by atoms with Crippen molar-refractivity contribution in [2.45, 2.75) is 56.9 Å². The molecule has 2 aromatic rings. The molecule has 13 heteroatoms. The zero-order chi connectivity index (χ0) is 27.8. The summed E-state index contributed by atoms with van der Waals surface area (Å²) >= 11 is 0. The van der Waals surface area contributed by atoms with E-state index < -0.39 is 41.7 Å². The van der Waals surface area contributed by atoms with Crippen LogP contribution in [-0.2, 0) is 6.18 Å². The Morgan fingerprint density at radius 1 is 0.923 bits per heavy atom. The summed E-state index contributed by atoms with van der Waals surface area (Å²) in [5.41, 5.74) is -1.66. The van der Waals surface area contributed by atoms with Crippen LogP contribution in [0.25, 0.3) is 11.0 Å². The van der Waals surface area contributed by atoms with Gasteiger partial charge in [0.25, 0.3) is 5.91 Å². The molecule has 0 aromatic carbocycles. The number of rotatable bonds is 7. The molecule has 2 N–H and O–H groups in total. The van der Waals surface area contributed by atoms with Crippen LogP contribution in [0.15, 0.2) is 18.2 Å². The molecule has 1 aliphatic carbocycles. The van der Waals surface area contributed by atoms with E-state index in [1.54, 1.807) is 0 Å². The molecule has 1 spiro atoms. The molecule has 0 unspecified atom stereocenters. The van der Waals surface area contributed by atoms with Gasteiger partial charge in [0.1, 0.15) is 23.6 Å². The average molecular weight is 559 g/mol. The summed E-state index contributed by atoms with van der Waals surface area (Å²) in [6, 6.07) is 2.76. The number of hydrogen-bond donors (Lipinski definition) is 2. The predicted molar refractivity (Wildman–Crippen MR) is 133 cm³/mol. The van der Waals surface area contributed by atoms with Gasteiger partial charge in [-0.05, 0) is 75.2 Å². The minimum absolute atomic E-state index is 0.120. The monoisotopic (exact) mass is 558 g/mol. The van der Waals surface area contributed by atoms with E-state index in [0.717, 1.165) is 39.0 Å². The molecule has 3 fully saturated rings. The van der Waals surface area contributed by atoms with Gasteiger partial charge >= 0.3 is 12.4 Å². The highest BCUT2D eigenvalue weighted by Crippen LogP contribution is 2.53. The zero-order valence-electron chi connectivity index (χ0n) is 21.5. The van der Waals surface area contributed by atoms with E-state index in [9.17, 15) is 31.1 Å². The summed E-state index contributed by atoms with van der Waals surface area (Å²) in [5, 5.41) is 4.74. The molecule has 4 heterocycles. The number of nitrogens with one attached hydrogen (secondary N) is 2. The number of fused-ring (bicyclic) bond motifs is 1. The molecule has 5 rings (SSSR count). The summed E-state index contributed by atoms with van der Waals surface area (Å²) in [7, 11) is 0. The first-order chi connectivity index (χ1) is 18.4. The zero-order valence-corrected chi connectivity index (χ0v) is 21.5. The highest BCUT2D eigenvalue weighted by Gasteiger charge is 2.44. The predicted octanol–water partition coefficient (Wildman–Crippen LogP) is 4.69. The van der Waals surface area contributed by atoms with Crippen molar-refractivity contribution in [3.8, 4) is 0 Å². The lowest BCUT2D eigenvalue weighted by molar-refractivity contribution is -0.136. The molecule has 7 nitrogen and oxygen atoms in total. The van der Waals surface area contributed by atoms with E-state index in [1.165, 1.54) is 50.9 Å². The van der Waals surface area contributed by atoms with E-state index in [-0.39, 0.29) is 17.3 Å². The molecule has 214 valence electrons. The molecule has 0 radical (unpaired) electrons. The van der Waals surface area contributed by atoms with Crippen LogP contribution in [0.5, 0.6) is 0 Å². The lowest BCUT2D eigenvalue weighted by atomic mass is 9.94. The fourth-order valence-corrected chi connectivity index (χ4v) is 5.50. The molecular weight excluding hydrogens is 526 g/mol. The van der Waals surface area contributed by atoms with Crippen molar-refractivity contribution < 1.29 is 31.1 Å². The lowest BCUT2D eigenvalue weighted by Gasteiger charge is -2.36. The van der Waals surface area contributed by atoms with Crippen molar-refractivity contribution >= 4 is 22.8 Å². The first-order valence-corrected chi connectivity index (χ1v) is 13.3. The van der Waals surface area contributed by atoms with Gasteiger partial charge in [-0.25, -0.2) is 9.97 Å². The Balaban J connectivity index is 1.16. The summed E-state index contributed by atoms with van der Waals surface area (Å²) < 4.78 is 78.7. The van der Waals surface area contributed by atoms with Crippen LogP contribution in [0, 0.1) is 5.41 Å². The second-order valence-electron chi connectivity index (χ2n) is 11.0. The van der Waals surface area contributed by atoms with Crippen LogP contribution in [0.2, 0.25) is 0 Å². The largest absolute Gasteiger partial charge is 0.418 e. The minimum atomic E-state index is -4.90. The molecule has 0 bridgehead atoms. The number of alkyl halides is 6. The van der Waals surface area contributed by atoms with Crippen molar-refractivity contribution in [1.29, 1.82) is 0 Å². The van der Waals surface area contributed by atoms with Crippen LogP contribution in [0.3, 0.4) is 0 Å². The summed E-state index contributed by atoms with van der Waals surface area (Å²) in [6.07, 6.45) is -2.69. The summed E-state index contributed by atoms with van der Waals surface area (Å²) in [4.78, 5) is 25.5. The van der Waals surface area contributed by atoms with Crippen molar-refractivity contribution in [2.75, 3.05) is 51.1 Å². The topological polar surface area (TPSA) is 73.4 Å². The highest BCUT2D eigenvalue weighted by atomic mass is 19.4. The molecular formula is C26H32F6N6O. The number of piperidine rings is 2. The van der Waals surface area contributed by atoms with Gasteiger partial charge in [-0.1, -0.05) is 0 Å². The number of amides is 1. The van der Waals surface area contributed by atoms with Gasteiger partial charge in [-0.2, -0.15) is 26.3 Å². The molecule has 1 amide bonds. The SMILES string of the molecule is O=C(NC1CCN(CCN2CCC3(CC2)CC3)CC1)c1ccc2nc(NCC(F)(F)F)cc(C(F)(F)F)c2n1. The van der Waals surface area contributed by atoms with Crippen LogP contribution in [-0.4, -0.2) is 83.7 Å². The highest BCUT2D eigenvalue weighted by molar-refractivity contribution is 5.95. The smallest absolute Gasteiger partial charge is 0.361 e. The van der Waals surface area contributed by atoms with E-state index in [0.29, 0.717) is 11.5 Å². The van der Waals surface area contributed by atoms with Crippen molar-refractivity contribution in [1.82, 2.24) is 25.1 Å². The van der Waals surface area contributed by atoms with Gasteiger partial charge < -0.3 is 20.4 Å². The second kappa shape index (κ2) is 10.7. The first-order valence-electron chi connectivity index (χ1n) is 13.3. The Kier molecular flexibility index (Phi) is 7.66. The molecule has 3 aliphatic rings. The average Bonchev–Trinajstić information content (AvgIpc) is 3.65. The molecule has 0 atom stereocenters. The first kappa shape index (κ1) is 27.9. The van der Waals surface area contributed by atoms with Crippen molar-refractivity contribution in [3.05, 3.63) is 29.5 Å². The van der Waals surface area contributed by atoms with E-state index in [1.807, 2.05) is 5.32 Å². The van der Waals surface area contributed by atoms with E-state index >= 15 is 0 Å². The fraction of sp³-hybridized carbons (Fsp3) is 0.654. The molecule has 2 saturated heterocycles. The molecule has 39 heavy (non-hydrogen) atoms. The van der Waals surface area contributed by atoms with Crippen molar-refractivity contribution in [3.63, 3.8) is 0 Å². The second-order valence-corrected chi connectivity index (χ2v) is 11.0. The number of hydrogen-bond acceptors (Lipinski definition) is 6. The van der Waals surface area contributed by atoms with Gasteiger partial charge in [0.05, 0.1) is 11.1 Å². The lowest BCUT2D eigenvalue weighted by Crippen LogP contribution is -2.47. The van der Waals surface area contributed by atoms with Crippen LogP contribution in [0.1, 0.15) is 54.6 Å². The third-order valence-corrected chi connectivity index (χ3v) is 8.19. The Morgan fingerprint density at radius 3 is 2.15 bits per heavy atom. The Morgan fingerprint density at radius 2 is 1.56 bits per heavy atom. The summed E-state index contributed by atoms with van der Waals surface area (Å²) in [6.45, 7) is 4.47. The number of pyridine rings is 2. The standard InChI is InChI=1S/C26H32F6N6O/c27-25(28,29)16-33-21-15-18(26(30,31)32)22-19(35-21)1-2-20(36-22)23(39)34-17-3-9-37(10-4-17)13-14-38-11-7-24(5-6-24)8-12-38/h1-2,15,17H,3-14,16H2,(H,33,35)(H,34,39). The number of anilines is 1. The van der Waals surface area contributed by atoms with Gasteiger partial charge in [0.2, 0.25) is 0 Å². The maximum atomic E-state index is 13.7. The molecule has 1 saturated carbocycles. The molecule has 2 aromatic heterocycles. The number of carbonyl (C=O) groups excluding carboxylic acids is 1. The number of carbonyl (C=O) groups is 1. The third-order valence-electron chi connectivity index (χ3n) is 8.19. The van der Waals surface area contributed by atoms with Gasteiger partial charge in [0.15, 0.2) is 0 Å². The Bertz CT molecular complexity index is 1180. The summed E-state index contributed by atoms with van der Waals surface area (Å²) in [5.74, 6) is -1.17. The van der Waals surface area contributed by atoms with Gasteiger partial charge in [-0.3, -0.25) is 4.79 Å². The number of nitrogens with zero attached hydrogens (tertiary/aromatic N) is 4. The van der Waals surface area contributed by atoms with Crippen LogP contribution >= 0.6 is 0 Å². The van der Waals surface area contributed by atoms with Gasteiger partial charge in [0, 0.05) is 32.2 Å².